The van der Waals surface area contributed by atoms with E-state index >= 15 is 0 Å². The first kappa shape index (κ1) is 16.1. The number of hydrogen-bond acceptors (Lipinski definition) is 5. The maximum absolute atomic E-state index is 11.4. The number of aromatic nitrogens is 2. The summed E-state index contributed by atoms with van der Waals surface area (Å²) in [6.07, 6.45) is 6.26. The second-order valence-electron chi connectivity index (χ2n) is 6.33. The van der Waals surface area contributed by atoms with Crippen LogP contribution in [0.15, 0.2) is 55.1 Å². The smallest absolute Gasteiger partial charge is 0.292 e. The van der Waals surface area contributed by atoms with Crippen LogP contribution in [0.2, 0.25) is 0 Å². The zero-order chi connectivity index (χ0) is 17.9. The van der Waals surface area contributed by atoms with E-state index in [0.29, 0.717) is 12.2 Å². The Morgan fingerprint density at radius 1 is 1.27 bits per heavy atom. The number of anilines is 2. The summed E-state index contributed by atoms with van der Waals surface area (Å²) in [6.45, 7) is 2.10. The molecule has 0 saturated carbocycles. The molecule has 0 saturated heterocycles. The van der Waals surface area contributed by atoms with E-state index in [-0.39, 0.29) is 10.6 Å². The van der Waals surface area contributed by atoms with Crippen LogP contribution in [0.4, 0.5) is 17.1 Å². The highest BCUT2D eigenvalue weighted by atomic mass is 16.6. The maximum atomic E-state index is 11.4. The normalized spacial score (nSPS) is 12.5. The summed E-state index contributed by atoms with van der Waals surface area (Å²) < 4.78 is 2.01. The van der Waals surface area contributed by atoms with Gasteiger partial charge in [-0.05, 0) is 23.6 Å². The highest BCUT2D eigenvalue weighted by Crippen LogP contribution is 2.37. The van der Waals surface area contributed by atoms with Crippen molar-refractivity contribution in [3.05, 3.63) is 81.9 Å². The Labute approximate surface area is 150 Å². The molecule has 2 heterocycles. The Bertz CT molecular complexity index is 937. The van der Waals surface area contributed by atoms with Crippen LogP contribution in [0.1, 0.15) is 16.7 Å². The van der Waals surface area contributed by atoms with E-state index in [4.69, 9.17) is 0 Å². The van der Waals surface area contributed by atoms with Crippen LogP contribution in [-0.4, -0.2) is 21.0 Å². The van der Waals surface area contributed by atoms with Crippen LogP contribution >= 0.6 is 0 Å². The number of benzene rings is 2. The van der Waals surface area contributed by atoms with E-state index in [2.05, 4.69) is 27.8 Å². The third kappa shape index (κ3) is 3.23. The van der Waals surface area contributed by atoms with Gasteiger partial charge in [0.2, 0.25) is 0 Å². The van der Waals surface area contributed by atoms with Crippen LogP contribution < -0.4 is 10.6 Å². The zero-order valence-corrected chi connectivity index (χ0v) is 14.2. The molecule has 0 fully saturated rings. The number of nitrogens with zero attached hydrogens (tertiary/aromatic N) is 3. The summed E-state index contributed by atoms with van der Waals surface area (Å²) >= 11 is 0. The standard InChI is InChI=1S/C19H19N5O2/c25-24(26)18-5-4-17-16(6-7-21-17)19(18)22-11-14-2-1-3-15(10-14)12-23-9-8-20-13-23/h1-5,8-10,13,21-22H,6-7,11-12H2. The Morgan fingerprint density at radius 3 is 2.96 bits per heavy atom. The fourth-order valence-corrected chi connectivity index (χ4v) is 3.35. The monoisotopic (exact) mass is 349 g/mol. The lowest BCUT2D eigenvalue weighted by Crippen LogP contribution is -2.06. The molecule has 0 amide bonds. The number of rotatable bonds is 6. The average Bonchev–Trinajstić information content (AvgIpc) is 3.31. The molecule has 1 aliphatic heterocycles. The van der Waals surface area contributed by atoms with Gasteiger partial charge in [-0.1, -0.05) is 24.3 Å². The van der Waals surface area contributed by atoms with E-state index in [1.54, 1.807) is 24.7 Å². The minimum absolute atomic E-state index is 0.127. The van der Waals surface area contributed by atoms with Crippen molar-refractivity contribution in [2.75, 3.05) is 17.2 Å². The molecule has 1 aromatic heterocycles. The highest BCUT2D eigenvalue weighted by molar-refractivity contribution is 5.77. The quantitative estimate of drug-likeness (QED) is 0.526. The molecule has 2 N–H and O–H groups in total. The number of nitro groups is 1. The summed E-state index contributed by atoms with van der Waals surface area (Å²) in [5, 5.41) is 18.0. The lowest BCUT2D eigenvalue weighted by molar-refractivity contribution is -0.384. The van der Waals surface area contributed by atoms with Crippen LogP contribution in [-0.2, 0) is 19.5 Å². The molecule has 7 heteroatoms. The van der Waals surface area contributed by atoms with Gasteiger partial charge in [0.15, 0.2) is 0 Å². The number of nitrogens with one attached hydrogen (secondary N) is 2. The highest BCUT2D eigenvalue weighted by Gasteiger charge is 2.23. The molecule has 7 nitrogen and oxygen atoms in total. The van der Waals surface area contributed by atoms with Crippen molar-refractivity contribution < 1.29 is 4.92 Å². The fraction of sp³-hybridized carbons (Fsp3) is 0.211. The summed E-state index contributed by atoms with van der Waals surface area (Å²) in [7, 11) is 0. The van der Waals surface area contributed by atoms with E-state index < -0.39 is 0 Å². The summed E-state index contributed by atoms with van der Waals surface area (Å²) in [4.78, 5) is 15.1. The van der Waals surface area contributed by atoms with Crippen molar-refractivity contribution in [1.29, 1.82) is 0 Å². The van der Waals surface area contributed by atoms with Crippen molar-refractivity contribution in [2.45, 2.75) is 19.5 Å². The molecular formula is C19H19N5O2. The number of hydrogen-bond donors (Lipinski definition) is 2. The molecule has 0 spiro atoms. The largest absolute Gasteiger partial charge is 0.384 e. The lowest BCUT2D eigenvalue weighted by atomic mass is 10.1. The molecule has 26 heavy (non-hydrogen) atoms. The summed E-state index contributed by atoms with van der Waals surface area (Å²) in [5.41, 5.74) is 4.97. The molecule has 1 aliphatic rings. The van der Waals surface area contributed by atoms with Crippen LogP contribution in [0, 0.1) is 10.1 Å². The van der Waals surface area contributed by atoms with Crippen LogP contribution in [0.25, 0.3) is 0 Å². The van der Waals surface area contributed by atoms with Gasteiger partial charge in [-0.3, -0.25) is 10.1 Å². The van der Waals surface area contributed by atoms with Gasteiger partial charge in [0.1, 0.15) is 5.69 Å². The van der Waals surface area contributed by atoms with Gasteiger partial charge in [0.05, 0.1) is 11.3 Å². The van der Waals surface area contributed by atoms with E-state index in [0.717, 1.165) is 41.9 Å². The van der Waals surface area contributed by atoms with Crippen molar-refractivity contribution in [1.82, 2.24) is 9.55 Å². The third-order valence-electron chi connectivity index (χ3n) is 4.56. The Morgan fingerprint density at radius 2 is 2.15 bits per heavy atom. The Kier molecular flexibility index (Phi) is 4.27. The van der Waals surface area contributed by atoms with E-state index in [1.807, 2.05) is 22.9 Å². The van der Waals surface area contributed by atoms with Crippen molar-refractivity contribution in [3.8, 4) is 0 Å². The summed E-state index contributed by atoms with van der Waals surface area (Å²) in [6, 6.07) is 11.6. The average molecular weight is 349 g/mol. The fourth-order valence-electron chi connectivity index (χ4n) is 3.35. The Hall–Kier alpha value is -3.35. The molecule has 0 radical (unpaired) electrons. The van der Waals surface area contributed by atoms with Gasteiger partial charge in [-0.25, -0.2) is 4.98 Å². The topological polar surface area (TPSA) is 85.0 Å². The molecule has 4 rings (SSSR count). The Balaban J connectivity index is 1.54. The first-order chi connectivity index (χ1) is 12.7. The van der Waals surface area contributed by atoms with Gasteiger partial charge in [0, 0.05) is 49.3 Å². The molecular weight excluding hydrogens is 330 g/mol. The van der Waals surface area contributed by atoms with Gasteiger partial charge < -0.3 is 15.2 Å². The maximum Gasteiger partial charge on any atom is 0.292 e. The van der Waals surface area contributed by atoms with Gasteiger partial charge in [-0.2, -0.15) is 0 Å². The first-order valence-corrected chi connectivity index (χ1v) is 8.52. The second-order valence-corrected chi connectivity index (χ2v) is 6.33. The molecule has 0 atom stereocenters. The van der Waals surface area contributed by atoms with Crippen molar-refractivity contribution >= 4 is 17.1 Å². The van der Waals surface area contributed by atoms with E-state index in [1.165, 1.54) is 0 Å². The molecule has 0 aliphatic carbocycles. The van der Waals surface area contributed by atoms with Gasteiger partial charge >= 0.3 is 0 Å². The number of fused-ring (bicyclic) bond motifs is 1. The first-order valence-electron chi connectivity index (χ1n) is 8.52. The number of nitro benzene ring substituents is 1. The predicted octanol–water partition coefficient (Wildman–Crippen LogP) is 3.42. The third-order valence-corrected chi connectivity index (χ3v) is 4.56. The minimum atomic E-state index is -0.323. The van der Waals surface area contributed by atoms with Crippen molar-refractivity contribution in [3.63, 3.8) is 0 Å². The van der Waals surface area contributed by atoms with E-state index in [9.17, 15) is 10.1 Å². The van der Waals surface area contributed by atoms with Crippen LogP contribution in [0.5, 0.6) is 0 Å². The van der Waals surface area contributed by atoms with Crippen LogP contribution in [0.3, 0.4) is 0 Å². The number of imidazole rings is 1. The molecule has 132 valence electrons. The molecule has 3 aromatic rings. The summed E-state index contributed by atoms with van der Waals surface area (Å²) in [5.74, 6) is 0. The van der Waals surface area contributed by atoms with Crippen molar-refractivity contribution in [2.24, 2.45) is 0 Å². The second kappa shape index (κ2) is 6.87. The lowest BCUT2D eigenvalue weighted by Gasteiger charge is -2.12. The predicted molar refractivity (Wildman–Crippen MR) is 100 cm³/mol. The molecule has 2 aromatic carbocycles. The zero-order valence-electron chi connectivity index (χ0n) is 14.2. The SMILES string of the molecule is O=[N+]([O-])c1ccc2c(c1NCc1cccc(Cn3ccnc3)c1)CCN2. The van der Waals surface area contributed by atoms with Gasteiger partial charge in [-0.15, -0.1) is 0 Å². The minimum Gasteiger partial charge on any atom is -0.384 e. The molecule has 0 unspecified atom stereocenters. The van der Waals surface area contributed by atoms with Gasteiger partial charge in [0.25, 0.3) is 5.69 Å². The molecule has 0 bridgehead atoms.